The van der Waals surface area contributed by atoms with Gasteiger partial charge in [-0.25, -0.2) is 4.98 Å². The van der Waals surface area contributed by atoms with Gasteiger partial charge in [0, 0.05) is 19.3 Å². The lowest BCUT2D eigenvalue weighted by atomic mass is 10.1. The van der Waals surface area contributed by atoms with Gasteiger partial charge in [-0.15, -0.1) is 0 Å². The van der Waals surface area contributed by atoms with E-state index in [1.807, 2.05) is 13.0 Å². The van der Waals surface area contributed by atoms with Crippen molar-refractivity contribution < 1.29 is 0 Å². The number of piperidine rings is 1. The number of hydrogen-bond donors (Lipinski definition) is 1. The van der Waals surface area contributed by atoms with Crippen LogP contribution in [0.5, 0.6) is 0 Å². The third-order valence-electron chi connectivity index (χ3n) is 4.28. The molecule has 1 saturated heterocycles. The van der Waals surface area contributed by atoms with E-state index in [0.29, 0.717) is 5.65 Å². The Labute approximate surface area is 122 Å². The maximum absolute atomic E-state index is 12.4. The lowest BCUT2D eigenvalue weighted by Crippen LogP contribution is -2.44. The first kappa shape index (κ1) is 14.0. The molecule has 0 radical (unpaired) electrons. The summed E-state index contributed by atoms with van der Waals surface area (Å²) in [7, 11) is 1.64. The summed E-state index contributed by atoms with van der Waals surface area (Å²) in [5, 5.41) is 3.28. The Hall–Kier alpha value is -1.95. The third-order valence-corrected chi connectivity index (χ3v) is 4.28. The van der Waals surface area contributed by atoms with E-state index >= 15 is 0 Å². The molecule has 3 heterocycles. The number of pyridine rings is 1. The van der Waals surface area contributed by atoms with Crippen LogP contribution in [-0.4, -0.2) is 27.2 Å². The topological polar surface area (TPSA) is 68.9 Å². The first-order valence-corrected chi connectivity index (χ1v) is 7.44. The zero-order valence-corrected chi connectivity index (χ0v) is 12.4. The number of hydrogen-bond acceptors (Lipinski definition) is 4. The average molecular weight is 288 g/mol. The van der Waals surface area contributed by atoms with E-state index in [1.54, 1.807) is 17.8 Å². The number of nitrogens with zero attached hydrogens (tertiary/aromatic N) is 3. The molecule has 0 spiro atoms. The molecule has 6 nitrogen and oxygen atoms in total. The molecule has 1 N–H and O–H groups in total. The van der Waals surface area contributed by atoms with Crippen LogP contribution in [0, 0.1) is 0 Å². The Balaban J connectivity index is 2.32. The Morgan fingerprint density at radius 3 is 2.67 bits per heavy atom. The molecular weight excluding hydrogens is 268 g/mol. The molecule has 1 fully saturated rings. The van der Waals surface area contributed by atoms with Crippen molar-refractivity contribution in [3.8, 4) is 0 Å². The second-order valence-corrected chi connectivity index (χ2v) is 5.56. The molecule has 0 amide bonds. The number of nitrogens with one attached hydrogen (secondary N) is 1. The predicted octanol–water partition coefficient (Wildman–Crippen LogP) is 0.582. The third kappa shape index (κ3) is 2.29. The fourth-order valence-electron chi connectivity index (χ4n) is 2.97. The van der Waals surface area contributed by atoms with Gasteiger partial charge in [-0.1, -0.05) is 6.92 Å². The van der Waals surface area contributed by atoms with Crippen molar-refractivity contribution in [3.05, 3.63) is 38.5 Å². The van der Waals surface area contributed by atoms with Gasteiger partial charge in [-0.2, -0.15) is 0 Å². The van der Waals surface area contributed by atoms with Gasteiger partial charge in [0.1, 0.15) is 0 Å². The highest BCUT2D eigenvalue weighted by molar-refractivity contribution is 5.71. The molecule has 6 heteroatoms. The number of rotatable bonds is 2. The van der Waals surface area contributed by atoms with E-state index < -0.39 is 11.1 Å². The molecule has 0 bridgehead atoms. The van der Waals surface area contributed by atoms with Gasteiger partial charge in [0.25, 0.3) is 0 Å². The monoisotopic (exact) mass is 288 g/mol. The molecule has 2 aromatic heterocycles. The molecule has 0 unspecified atom stereocenters. The number of fused-ring (bicyclic) bond motifs is 1. The van der Waals surface area contributed by atoms with Crippen LogP contribution in [0.1, 0.15) is 31.4 Å². The standard InChI is InChI=1S/C15H20N4O2/c1-3-10-8-12-13(17-9-10)19(11-4-6-16-7-5-11)15(21)14(20)18(12)2/h8-9,11,16H,3-7H2,1-2H3. The summed E-state index contributed by atoms with van der Waals surface area (Å²) in [5.41, 5.74) is 1.47. The molecule has 0 aliphatic carbocycles. The maximum atomic E-state index is 12.4. The smallest absolute Gasteiger partial charge is 0.317 e. The summed E-state index contributed by atoms with van der Waals surface area (Å²) >= 11 is 0. The van der Waals surface area contributed by atoms with Crippen molar-refractivity contribution in [2.75, 3.05) is 13.1 Å². The highest BCUT2D eigenvalue weighted by Gasteiger charge is 2.21. The lowest BCUT2D eigenvalue weighted by molar-refractivity contribution is 0.365. The summed E-state index contributed by atoms with van der Waals surface area (Å²) in [6.45, 7) is 3.77. The van der Waals surface area contributed by atoms with Gasteiger partial charge in [-0.05, 0) is 44.0 Å². The van der Waals surface area contributed by atoms with E-state index in [2.05, 4.69) is 10.3 Å². The average Bonchev–Trinajstić information content (AvgIpc) is 2.54. The highest BCUT2D eigenvalue weighted by Crippen LogP contribution is 2.20. The maximum Gasteiger partial charge on any atom is 0.318 e. The van der Waals surface area contributed by atoms with Crippen LogP contribution in [0.4, 0.5) is 0 Å². The Morgan fingerprint density at radius 1 is 1.29 bits per heavy atom. The summed E-state index contributed by atoms with van der Waals surface area (Å²) in [6.07, 6.45) is 4.34. The molecule has 0 atom stereocenters. The van der Waals surface area contributed by atoms with Gasteiger partial charge in [-0.3, -0.25) is 14.2 Å². The van der Waals surface area contributed by atoms with Crippen LogP contribution in [-0.2, 0) is 13.5 Å². The summed E-state index contributed by atoms with van der Waals surface area (Å²) in [4.78, 5) is 29.1. The van der Waals surface area contributed by atoms with Crippen molar-refractivity contribution in [1.29, 1.82) is 0 Å². The van der Waals surface area contributed by atoms with E-state index in [0.717, 1.165) is 43.4 Å². The van der Waals surface area contributed by atoms with E-state index in [9.17, 15) is 9.59 Å². The molecule has 1 aliphatic rings. The summed E-state index contributed by atoms with van der Waals surface area (Å²) < 4.78 is 3.03. The molecule has 112 valence electrons. The first-order valence-electron chi connectivity index (χ1n) is 7.44. The zero-order chi connectivity index (χ0) is 15.0. The van der Waals surface area contributed by atoms with Crippen molar-refractivity contribution in [2.45, 2.75) is 32.2 Å². The molecule has 3 rings (SSSR count). The van der Waals surface area contributed by atoms with Gasteiger partial charge < -0.3 is 9.88 Å². The minimum Gasteiger partial charge on any atom is -0.317 e. The van der Waals surface area contributed by atoms with Crippen LogP contribution >= 0.6 is 0 Å². The molecule has 1 aliphatic heterocycles. The van der Waals surface area contributed by atoms with Crippen molar-refractivity contribution in [2.24, 2.45) is 7.05 Å². The lowest BCUT2D eigenvalue weighted by Gasteiger charge is -2.26. The fourth-order valence-corrected chi connectivity index (χ4v) is 2.97. The van der Waals surface area contributed by atoms with Crippen LogP contribution in [0.3, 0.4) is 0 Å². The quantitative estimate of drug-likeness (QED) is 0.821. The van der Waals surface area contributed by atoms with E-state index in [-0.39, 0.29) is 6.04 Å². The summed E-state index contributed by atoms with van der Waals surface area (Å²) in [5.74, 6) is 0. The SMILES string of the molecule is CCc1cnc2c(c1)n(C)c(=O)c(=O)n2C1CCNCC1. The van der Waals surface area contributed by atoms with E-state index in [1.165, 1.54) is 4.57 Å². The molecule has 0 saturated carbocycles. The first-order chi connectivity index (χ1) is 10.1. The Kier molecular flexibility index (Phi) is 3.63. The number of aryl methyl sites for hydroxylation is 2. The number of aromatic nitrogens is 3. The minimum absolute atomic E-state index is 0.0510. The van der Waals surface area contributed by atoms with Crippen LogP contribution in [0.25, 0.3) is 11.2 Å². The molecule has 21 heavy (non-hydrogen) atoms. The van der Waals surface area contributed by atoms with Gasteiger partial charge in [0.15, 0.2) is 5.65 Å². The van der Waals surface area contributed by atoms with Gasteiger partial charge in [0.05, 0.1) is 5.52 Å². The second-order valence-electron chi connectivity index (χ2n) is 5.56. The predicted molar refractivity (Wildman–Crippen MR) is 81.8 cm³/mol. The van der Waals surface area contributed by atoms with E-state index in [4.69, 9.17) is 0 Å². The van der Waals surface area contributed by atoms with Crippen LogP contribution in [0.15, 0.2) is 21.9 Å². The fraction of sp³-hybridized carbons (Fsp3) is 0.533. The molecule has 0 aromatic carbocycles. The normalized spacial score (nSPS) is 16.5. The van der Waals surface area contributed by atoms with Gasteiger partial charge >= 0.3 is 11.1 Å². The summed E-state index contributed by atoms with van der Waals surface area (Å²) in [6, 6.07) is 2.01. The molecular formula is C15H20N4O2. The second kappa shape index (κ2) is 5.44. The van der Waals surface area contributed by atoms with Crippen molar-refractivity contribution in [3.63, 3.8) is 0 Å². The molecule has 2 aromatic rings. The Morgan fingerprint density at radius 2 is 2.00 bits per heavy atom. The van der Waals surface area contributed by atoms with Gasteiger partial charge in [0.2, 0.25) is 0 Å². The van der Waals surface area contributed by atoms with Crippen molar-refractivity contribution in [1.82, 2.24) is 19.4 Å². The van der Waals surface area contributed by atoms with Crippen LogP contribution < -0.4 is 16.4 Å². The Bertz CT molecular complexity index is 785. The minimum atomic E-state index is -0.476. The van der Waals surface area contributed by atoms with Crippen LogP contribution in [0.2, 0.25) is 0 Å². The highest BCUT2D eigenvalue weighted by atomic mass is 16.2. The van der Waals surface area contributed by atoms with Crippen molar-refractivity contribution >= 4 is 11.2 Å². The largest absolute Gasteiger partial charge is 0.318 e. The zero-order valence-electron chi connectivity index (χ0n) is 12.4.